The van der Waals surface area contributed by atoms with Gasteiger partial charge in [-0.3, -0.25) is 4.79 Å². The molecule has 20 heavy (non-hydrogen) atoms. The first-order valence-electron chi connectivity index (χ1n) is 6.35. The number of amides is 1. The molecule has 0 aromatic heterocycles. The number of halogens is 1. The van der Waals surface area contributed by atoms with Crippen molar-refractivity contribution in [2.75, 3.05) is 5.32 Å². The second-order valence-corrected chi connectivity index (χ2v) is 5.93. The second-order valence-electron chi connectivity index (χ2n) is 4.55. The Kier molecular flexibility index (Phi) is 4.79. The molecule has 2 nitrogen and oxygen atoms in total. The lowest BCUT2D eigenvalue weighted by Gasteiger charge is -2.12. The Morgan fingerprint density at radius 2 is 1.95 bits per heavy atom. The van der Waals surface area contributed by atoms with Gasteiger partial charge in [-0.25, -0.2) is 4.39 Å². The molecular weight excluding hydrogens is 273 g/mol. The highest BCUT2D eigenvalue weighted by molar-refractivity contribution is 8.00. The lowest BCUT2D eigenvalue weighted by Crippen LogP contribution is -2.22. The molecule has 0 saturated heterocycles. The number of rotatable bonds is 4. The van der Waals surface area contributed by atoms with Crippen LogP contribution in [0.5, 0.6) is 0 Å². The predicted molar refractivity (Wildman–Crippen MR) is 81.5 cm³/mol. The molecule has 1 amide bonds. The molecule has 4 heteroatoms. The van der Waals surface area contributed by atoms with Gasteiger partial charge in [0.15, 0.2) is 0 Å². The lowest BCUT2D eigenvalue weighted by molar-refractivity contribution is -0.115. The minimum Gasteiger partial charge on any atom is -0.325 e. The molecule has 1 unspecified atom stereocenters. The van der Waals surface area contributed by atoms with Gasteiger partial charge in [0.25, 0.3) is 0 Å². The fraction of sp³-hybridized carbons (Fsp3) is 0.188. The van der Waals surface area contributed by atoms with E-state index >= 15 is 0 Å². The summed E-state index contributed by atoms with van der Waals surface area (Å²) in [6, 6.07) is 14.1. The maximum atomic E-state index is 13.5. The fourth-order valence-electron chi connectivity index (χ4n) is 1.75. The molecule has 0 aliphatic heterocycles. The summed E-state index contributed by atoms with van der Waals surface area (Å²) in [4.78, 5) is 12.6. The molecule has 2 aromatic rings. The van der Waals surface area contributed by atoms with Gasteiger partial charge in [-0.1, -0.05) is 24.3 Å². The topological polar surface area (TPSA) is 29.1 Å². The average molecular weight is 289 g/mol. The molecule has 0 bridgehead atoms. The molecule has 1 atom stereocenters. The molecule has 0 fully saturated rings. The van der Waals surface area contributed by atoms with Gasteiger partial charge in [0, 0.05) is 10.6 Å². The van der Waals surface area contributed by atoms with Crippen molar-refractivity contribution in [2.45, 2.75) is 24.0 Å². The van der Waals surface area contributed by atoms with Gasteiger partial charge in [-0.15, -0.1) is 11.8 Å². The summed E-state index contributed by atoms with van der Waals surface area (Å²) in [7, 11) is 0. The molecule has 0 saturated carbocycles. The van der Waals surface area contributed by atoms with Gasteiger partial charge < -0.3 is 5.32 Å². The lowest BCUT2D eigenvalue weighted by atomic mass is 10.2. The van der Waals surface area contributed by atoms with Gasteiger partial charge in [0.05, 0.1) is 5.25 Å². The van der Waals surface area contributed by atoms with Crippen LogP contribution in [0.25, 0.3) is 0 Å². The van der Waals surface area contributed by atoms with Crippen molar-refractivity contribution in [3.8, 4) is 0 Å². The SMILES string of the molecule is Cc1cccc(NC(=O)C(C)Sc2ccccc2F)c1. The highest BCUT2D eigenvalue weighted by Crippen LogP contribution is 2.26. The highest BCUT2D eigenvalue weighted by atomic mass is 32.2. The first kappa shape index (κ1) is 14.6. The van der Waals surface area contributed by atoms with Crippen LogP contribution in [0.4, 0.5) is 10.1 Å². The van der Waals surface area contributed by atoms with Crippen LogP contribution in [0.3, 0.4) is 0 Å². The van der Waals surface area contributed by atoms with E-state index in [0.29, 0.717) is 4.90 Å². The molecule has 2 aromatic carbocycles. The molecule has 0 aliphatic rings. The predicted octanol–water partition coefficient (Wildman–Crippen LogP) is 4.25. The summed E-state index contributed by atoms with van der Waals surface area (Å²) in [5.74, 6) is -0.434. The first-order valence-corrected chi connectivity index (χ1v) is 7.23. The summed E-state index contributed by atoms with van der Waals surface area (Å²) in [6.45, 7) is 3.73. The van der Waals surface area contributed by atoms with E-state index in [4.69, 9.17) is 0 Å². The van der Waals surface area contributed by atoms with Crippen molar-refractivity contribution in [3.05, 3.63) is 59.9 Å². The van der Waals surface area contributed by atoms with Gasteiger partial charge in [-0.2, -0.15) is 0 Å². The minimum atomic E-state index is -0.368. The third kappa shape index (κ3) is 3.84. The van der Waals surface area contributed by atoms with E-state index in [9.17, 15) is 9.18 Å². The standard InChI is InChI=1S/C16H16FNOS/c1-11-6-5-7-13(10-11)18-16(19)12(2)20-15-9-4-3-8-14(15)17/h3-10,12H,1-2H3,(H,18,19). The summed E-state index contributed by atoms with van der Waals surface area (Å²) in [6.07, 6.45) is 0. The zero-order chi connectivity index (χ0) is 14.5. The van der Waals surface area contributed by atoms with E-state index < -0.39 is 0 Å². The van der Waals surface area contributed by atoms with Crippen molar-refractivity contribution in [3.63, 3.8) is 0 Å². The smallest absolute Gasteiger partial charge is 0.237 e. The Hall–Kier alpha value is -1.81. The third-order valence-corrected chi connectivity index (χ3v) is 3.95. The summed E-state index contributed by atoms with van der Waals surface area (Å²) in [5, 5.41) is 2.47. The number of anilines is 1. The molecule has 0 aliphatic carbocycles. The van der Waals surface area contributed by atoms with Gasteiger partial charge in [0.1, 0.15) is 5.82 Å². The first-order chi connectivity index (χ1) is 9.56. The Balaban J connectivity index is 2.01. The van der Waals surface area contributed by atoms with E-state index in [-0.39, 0.29) is 17.0 Å². The zero-order valence-electron chi connectivity index (χ0n) is 11.4. The van der Waals surface area contributed by atoms with E-state index in [1.807, 2.05) is 31.2 Å². The van der Waals surface area contributed by atoms with E-state index in [2.05, 4.69) is 5.32 Å². The summed E-state index contributed by atoms with van der Waals surface area (Å²) >= 11 is 1.21. The van der Waals surface area contributed by atoms with E-state index in [0.717, 1.165) is 11.3 Å². The van der Waals surface area contributed by atoms with Crippen molar-refractivity contribution < 1.29 is 9.18 Å². The molecule has 0 heterocycles. The van der Waals surface area contributed by atoms with Crippen molar-refractivity contribution >= 4 is 23.4 Å². The van der Waals surface area contributed by atoms with Crippen LogP contribution in [-0.2, 0) is 4.79 Å². The fourth-order valence-corrected chi connectivity index (χ4v) is 2.64. The average Bonchev–Trinajstić information content (AvgIpc) is 2.41. The van der Waals surface area contributed by atoms with Crippen LogP contribution >= 0.6 is 11.8 Å². The third-order valence-electron chi connectivity index (χ3n) is 2.80. The Morgan fingerprint density at radius 3 is 2.65 bits per heavy atom. The number of aryl methyl sites for hydroxylation is 1. The van der Waals surface area contributed by atoms with Gasteiger partial charge in [-0.05, 0) is 43.7 Å². The van der Waals surface area contributed by atoms with E-state index in [1.54, 1.807) is 25.1 Å². The number of benzene rings is 2. The second kappa shape index (κ2) is 6.57. The van der Waals surface area contributed by atoms with Crippen LogP contribution in [0.15, 0.2) is 53.4 Å². The number of carbonyl (C=O) groups is 1. The normalized spacial score (nSPS) is 11.9. The van der Waals surface area contributed by atoms with Gasteiger partial charge in [0.2, 0.25) is 5.91 Å². The molecule has 2 rings (SSSR count). The van der Waals surface area contributed by atoms with Crippen LogP contribution < -0.4 is 5.32 Å². The van der Waals surface area contributed by atoms with E-state index in [1.165, 1.54) is 17.8 Å². The molecule has 1 N–H and O–H groups in total. The molecule has 0 spiro atoms. The van der Waals surface area contributed by atoms with Gasteiger partial charge >= 0.3 is 0 Å². The van der Waals surface area contributed by atoms with Crippen LogP contribution in [0, 0.1) is 12.7 Å². The monoisotopic (exact) mass is 289 g/mol. The Morgan fingerprint density at radius 1 is 1.20 bits per heavy atom. The van der Waals surface area contributed by atoms with Crippen LogP contribution in [0.2, 0.25) is 0 Å². The quantitative estimate of drug-likeness (QED) is 0.852. The number of hydrogen-bond acceptors (Lipinski definition) is 2. The molecular formula is C16H16FNOS. The number of nitrogens with one attached hydrogen (secondary N) is 1. The van der Waals surface area contributed by atoms with Crippen LogP contribution in [-0.4, -0.2) is 11.2 Å². The van der Waals surface area contributed by atoms with Crippen molar-refractivity contribution in [1.29, 1.82) is 0 Å². The Bertz CT molecular complexity index is 615. The number of thioether (sulfide) groups is 1. The van der Waals surface area contributed by atoms with Crippen molar-refractivity contribution in [2.24, 2.45) is 0 Å². The Labute approximate surface area is 122 Å². The van der Waals surface area contributed by atoms with Crippen molar-refractivity contribution in [1.82, 2.24) is 0 Å². The number of carbonyl (C=O) groups excluding carboxylic acids is 1. The zero-order valence-corrected chi connectivity index (χ0v) is 12.2. The van der Waals surface area contributed by atoms with Crippen LogP contribution in [0.1, 0.15) is 12.5 Å². The maximum Gasteiger partial charge on any atom is 0.237 e. The summed E-state index contributed by atoms with van der Waals surface area (Å²) < 4.78 is 13.5. The molecule has 104 valence electrons. The number of hydrogen-bond donors (Lipinski definition) is 1. The largest absolute Gasteiger partial charge is 0.325 e. The minimum absolute atomic E-state index is 0.135. The maximum absolute atomic E-state index is 13.5. The summed E-state index contributed by atoms with van der Waals surface area (Å²) in [5.41, 5.74) is 1.84. The highest BCUT2D eigenvalue weighted by Gasteiger charge is 2.16. The molecule has 0 radical (unpaired) electrons.